The van der Waals surface area contributed by atoms with E-state index in [2.05, 4.69) is 5.32 Å². The van der Waals surface area contributed by atoms with Crippen LogP contribution >= 0.6 is 0 Å². The van der Waals surface area contributed by atoms with E-state index in [1.165, 1.54) is 0 Å². The number of aromatic nitrogens is 2. The maximum atomic E-state index is 13.5. The number of fused-ring (bicyclic) bond motifs is 5. The maximum Gasteiger partial charge on any atom is 0.355 e. The van der Waals surface area contributed by atoms with Gasteiger partial charge in [0.15, 0.2) is 0 Å². The predicted molar refractivity (Wildman–Crippen MR) is 126 cm³/mol. The van der Waals surface area contributed by atoms with E-state index in [0.29, 0.717) is 29.1 Å². The van der Waals surface area contributed by atoms with Gasteiger partial charge in [-0.2, -0.15) is 0 Å². The summed E-state index contributed by atoms with van der Waals surface area (Å²) >= 11 is 0. The largest absolute Gasteiger partial charge is 0.457 e. The van der Waals surface area contributed by atoms with E-state index < -0.39 is 17.5 Å². The summed E-state index contributed by atoms with van der Waals surface area (Å²) in [4.78, 5) is 44.1. The first-order chi connectivity index (χ1) is 16.1. The van der Waals surface area contributed by atoms with Gasteiger partial charge in [0.25, 0.3) is 5.56 Å². The lowest BCUT2D eigenvalue weighted by molar-refractivity contribution is -0.189. The summed E-state index contributed by atoms with van der Waals surface area (Å²) in [7, 11) is 0. The molecule has 176 valence electrons. The van der Waals surface area contributed by atoms with Crippen LogP contribution in [0, 0.1) is 0 Å². The SMILES string of the molecule is CC[C@@]1(OC(=O)CNC(C)(C)C)C(=O)OCc2c1cc1n(c2=O)Cc2cc3ccccc3nc2-1. The van der Waals surface area contributed by atoms with Crippen LogP contribution in [0.4, 0.5) is 0 Å². The minimum absolute atomic E-state index is 0.0752. The van der Waals surface area contributed by atoms with Gasteiger partial charge in [0.1, 0.15) is 6.61 Å². The zero-order chi connectivity index (χ0) is 24.3. The van der Waals surface area contributed by atoms with E-state index in [0.717, 1.165) is 16.5 Å². The Bertz CT molecular complexity index is 1400. The number of pyridine rings is 2. The van der Waals surface area contributed by atoms with Crippen LogP contribution in [0.5, 0.6) is 0 Å². The number of hydrogen-bond acceptors (Lipinski definition) is 7. The highest BCUT2D eigenvalue weighted by atomic mass is 16.6. The molecular formula is C26H27N3O5. The first-order valence-corrected chi connectivity index (χ1v) is 11.4. The van der Waals surface area contributed by atoms with Gasteiger partial charge >= 0.3 is 11.9 Å². The molecule has 0 aliphatic carbocycles. The van der Waals surface area contributed by atoms with Gasteiger partial charge in [0, 0.05) is 22.1 Å². The molecule has 3 aromatic rings. The Balaban J connectivity index is 1.63. The number of rotatable bonds is 4. The highest BCUT2D eigenvalue weighted by Gasteiger charge is 2.50. The van der Waals surface area contributed by atoms with Crippen LogP contribution in [0.3, 0.4) is 0 Å². The Hall–Kier alpha value is -3.52. The molecule has 0 radical (unpaired) electrons. The number of benzene rings is 1. The van der Waals surface area contributed by atoms with Gasteiger partial charge in [-0.05, 0) is 45.4 Å². The van der Waals surface area contributed by atoms with Crippen molar-refractivity contribution in [1.82, 2.24) is 14.9 Å². The van der Waals surface area contributed by atoms with Crippen molar-refractivity contribution in [3.05, 3.63) is 63.4 Å². The summed E-state index contributed by atoms with van der Waals surface area (Å²) in [5.41, 5.74) is 1.53. The zero-order valence-corrected chi connectivity index (χ0v) is 19.7. The van der Waals surface area contributed by atoms with Crippen LogP contribution in [0.25, 0.3) is 22.3 Å². The Kier molecular flexibility index (Phi) is 5.09. The van der Waals surface area contributed by atoms with Crippen molar-refractivity contribution in [3.63, 3.8) is 0 Å². The highest BCUT2D eigenvalue weighted by molar-refractivity contribution is 5.88. The standard InChI is InChI=1S/C26H27N3O5/c1-5-26(34-21(30)12-27-25(2,3)4)18-11-20-22-16(10-15-8-6-7-9-19(15)28-22)13-29(20)23(31)17(18)14-33-24(26)32/h6-11,27H,5,12-14H2,1-4H3/t26-/m0/s1. The van der Waals surface area contributed by atoms with E-state index in [1.807, 2.05) is 51.1 Å². The molecule has 2 aliphatic heterocycles. The fourth-order valence-electron chi connectivity index (χ4n) is 4.65. The molecule has 0 spiro atoms. The molecule has 1 atom stereocenters. The van der Waals surface area contributed by atoms with E-state index >= 15 is 0 Å². The Morgan fingerprint density at radius 3 is 2.74 bits per heavy atom. The molecule has 8 nitrogen and oxygen atoms in total. The lowest BCUT2D eigenvalue weighted by Gasteiger charge is -2.36. The number of nitrogens with one attached hydrogen (secondary N) is 1. The Labute approximate surface area is 196 Å². The molecule has 0 saturated heterocycles. The summed E-state index contributed by atoms with van der Waals surface area (Å²) in [6.45, 7) is 7.68. The summed E-state index contributed by atoms with van der Waals surface area (Å²) in [5.74, 6) is -1.26. The summed E-state index contributed by atoms with van der Waals surface area (Å²) in [6, 6.07) is 11.6. The van der Waals surface area contributed by atoms with Crippen LogP contribution in [0.15, 0.2) is 41.2 Å². The van der Waals surface area contributed by atoms with Crippen molar-refractivity contribution in [1.29, 1.82) is 0 Å². The second-order valence-electron chi connectivity index (χ2n) is 9.84. The van der Waals surface area contributed by atoms with Crippen molar-refractivity contribution in [2.24, 2.45) is 0 Å². The molecule has 34 heavy (non-hydrogen) atoms. The fourth-order valence-corrected chi connectivity index (χ4v) is 4.65. The van der Waals surface area contributed by atoms with Crippen LogP contribution < -0.4 is 10.9 Å². The minimum Gasteiger partial charge on any atom is -0.457 e. The van der Waals surface area contributed by atoms with Crippen molar-refractivity contribution >= 4 is 22.8 Å². The Morgan fingerprint density at radius 2 is 2.00 bits per heavy atom. The molecule has 8 heteroatoms. The monoisotopic (exact) mass is 461 g/mol. The summed E-state index contributed by atoms with van der Waals surface area (Å²) < 4.78 is 12.8. The van der Waals surface area contributed by atoms with E-state index in [1.54, 1.807) is 17.6 Å². The second-order valence-corrected chi connectivity index (χ2v) is 9.84. The number of para-hydroxylation sites is 1. The number of carbonyl (C=O) groups excluding carboxylic acids is 2. The molecule has 2 aliphatic rings. The lowest BCUT2D eigenvalue weighted by atomic mass is 9.85. The first-order valence-electron chi connectivity index (χ1n) is 11.4. The van der Waals surface area contributed by atoms with Crippen LogP contribution in [-0.4, -0.2) is 33.6 Å². The average Bonchev–Trinajstić information content (AvgIpc) is 3.15. The number of nitrogens with zero attached hydrogens (tertiary/aromatic N) is 2. The minimum atomic E-state index is -1.68. The smallest absolute Gasteiger partial charge is 0.355 e. The third kappa shape index (κ3) is 3.49. The predicted octanol–water partition coefficient (Wildman–Crippen LogP) is 3.02. The van der Waals surface area contributed by atoms with Gasteiger partial charge in [-0.3, -0.25) is 9.59 Å². The number of esters is 2. The quantitative estimate of drug-likeness (QED) is 0.467. The summed E-state index contributed by atoms with van der Waals surface area (Å²) in [5, 5.41) is 4.07. The van der Waals surface area contributed by atoms with Gasteiger partial charge in [0.2, 0.25) is 5.60 Å². The second kappa shape index (κ2) is 7.77. The molecule has 0 unspecified atom stereocenters. The molecule has 1 aromatic carbocycles. The molecule has 0 saturated carbocycles. The molecule has 0 amide bonds. The van der Waals surface area contributed by atoms with Crippen LogP contribution in [0.1, 0.15) is 50.8 Å². The van der Waals surface area contributed by atoms with Gasteiger partial charge in [-0.1, -0.05) is 25.1 Å². The molecular weight excluding hydrogens is 434 g/mol. The molecule has 2 aromatic heterocycles. The van der Waals surface area contributed by atoms with Gasteiger partial charge in [-0.25, -0.2) is 9.78 Å². The molecule has 1 N–H and O–H groups in total. The number of ether oxygens (including phenoxy) is 2. The fraction of sp³-hybridized carbons (Fsp3) is 0.385. The average molecular weight is 462 g/mol. The van der Waals surface area contributed by atoms with Gasteiger partial charge in [0.05, 0.1) is 35.6 Å². The van der Waals surface area contributed by atoms with Crippen LogP contribution in [-0.2, 0) is 37.8 Å². The number of hydrogen-bond donors (Lipinski definition) is 1. The third-order valence-electron chi connectivity index (χ3n) is 6.44. The van der Waals surface area contributed by atoms with Crippen molar-refractivity contribution in [3.8, 4) is 11.4 Å². The van der Waals surface area contributed by atoms with Crippen molar-refractivity contribution in [2.75, 3.05) is 6.54 Å². The topological polar surface area (TPSA) is 99.5 Å². The lowest BCUT2D eigenvalue weighted by Crippen LogP contribution is -2.49. The van der Waals surface area contributed by atoms with E-state index in [9.17, 15) is 14.4 Å². The summed E-state index contributed by atoms with van der Waals surface area (Å²) in [6.07, 6.45) is 0.140. The third-order valence-corrected chi connectivity index (χ3v) is 6.44. The normalized spacial score (nSPS) is 18.8. The van der Waals surface area contributed by atoms with E-state index in [-0.39, 0.29) is 30.7 Å². The first kappa shape index (κ1) is 22.3. The number of cyclic esters (lactones) is 1. The zero-order valence-electron chi connectivity index (χ0n) is 19.7. The number of carbonyl (C=O) groups is 2. The molecule has 0 fully saturated rings. The van der Waals surface area contributed by atoms with Crippen LogP contribution in [0.2, 0.25) is 0 Å². The molecule has 0 bridgehead atoms. The Morgan fingerprint density at radius 1 is 1.24 bits per heavy atom. The molecule has 4 heterocycles. The van der Waals surface area contributed by atoms with Gasteiger partial charge in [-0.15, -0.1) is 0 Å². The van der Waals surface area contributed by atoms with Crippen molar-refractivity contribution < 1.29 is 19.1 Å². The van der Waals surface area contributed by atoms with E-state index in [4.69, 9.17) is 14.5 Å². The molecule has 5 rings (SSSR count). The van der Waals surface area contributed by atoms with Crippen molar-refractivity contribution in [2.45, 2.75) is 58.4 Å². The highest BCUT2D eigenvalue weighted by Crippen LogP contribution is 2.40. The van der Waals surface area contributed by atoms with Gasteiger partial charge < -0.3 is 19.4 Å². The maximum absolute atomic E-state index is 13.5.